The molecule has 0 aliphatic heterocycles. The minimum atomic E-state index is -0.0902. The minimum Gasteiger partial charge on any atom is -0.497 e. The van der Waals surface area contributed by atoms with Crippen molar-refractivity contribution in [1.82, 2.24) is 5.32 Å². The molecule has 0 radical (unpaired) electrons. The van der Waals surface area contributed by atoms with Crippen LogP contribution in [0, 0.1) is 0 Å². The molecule has 0 fully saturated rings. The fourth-order valence-corrected chi connectivity index (χ4v) is 2.74. The van der Waals surface area contributed by atoms with Gasteiger partial charge in [0, 0.05) is 6.08 Å². The number of nitrogens with one attached hydrogen (secondary N) is 1. The Labute approximate surface area is 157 Å². The lowest BCUT2D eigenvalue weighted by Crippen LogP contribution is -2.26. The first kappa shape index (κ1) is 19.8. The van der Waals surface area contributed by atoms with E-state index in [1.165, 1.54) is 5.56 Å². The Kier molecular flexibility index (Phi) is 6.62. The molecule has 1 amide bonds. The van der Waals surface area contributed by atoms with E-state index in [4.69, 9.17) is 4.74 Å². The van der Waals surface area contributed by atoms with E-state index in [9.17, 15) is 4.79 Å². The van der Waals surface area contributed by atoms with Crippen LogP contribution in [-0.2, 0) is 10.2 Å². The molecule has 3 nitrogen and oxygen atoms in total. The average Bonchev–Trinajstić information content (AvgIpc) is 2.64. The highest BCUT2D eigenvalue weighted by molar-refractivity contribution is 5.92. The zero-order valence-corrected chi connectivity index (χ0v) is 16.4. The van der Waals surface area contributed by atoms with Crippen molar-refractivity contribution in [3.63, 3.8) is 0 Å². The molecule has 0 aliphatic rings. The summed E-state index contributed by atoms with van der Waals surface area (Å²) < 4.78 is 5.18. The van der Waals surface area contributed by atoms with Gasteiger partial charge in [0.2, 0.25) is 5.91 Å². The maximum Gasteiger partial charge on any atom is 0.244 e. The van der Waals surface area contributed by atoms with Crippen LogP contribution in [0.25, 0.3) is 6.08 Å². The maximum absolute atomic E-state index is 12.3. The second-order valence-corrected chi connectivity index (χ2v) is 7.45. The Morgan fingerprint density at radius 1 is 1.08 bits per heavy atom. The zero-order valence-electron chi connectivity index (χ0n) is 16.4. The van der Waals surface area contributed by atoms with Crippen LogP contribution in [0.4, 0.5) is 0 Å². The third-order valence-electron chi connectivity index (χ3n) is 4.45. The molecule has 26 heavy (non-hydrogen) atoms. The van der Waals surface area contributed by atoms with Gasteiger partial charge < -0.3 is 10.1 Å². The second kappa shape index (κ2) is 8.70. The number of carbonyl (C=O) groups is 1. The smallest absolute Gasteiger partial charge is 0.244 e. The van der Waals surface area contributed by atoms with Gasteiger partial charge in [-0.3, -0.25) is 4.79 Å². The highest BCUT2D eigenvalue weighted by atomic mass is 16.5. The molecular weight excluding hydrogens is 322 g/mol. The molecule has 0 bridgehead atoms. The van der Waals surface area contributed by atoms with E-state index in [0.717, 1.165) is 23.3 Å². The number of rotatable bonds is 6. The molecule has 0 aliphatic carbocycles. The molecule has 3 heteroatoms. The van der Waals surface area contributed by atoms with E-state index >= 15 is 0 Å². The van der Waals surface area contributed by atoms with Crippen LogP contribution in [0.15, 0.2) is 54.6 Å². The predicted molar refractivity (Wildman–Crippen MR) is 108 cm³/mol. The third kappa shape index (κ3) is 5.48. The maximum atomic E-state index is 12.3. The van der Waals surface area contributed by atoms with Crippen molar-refractivity contribution in [3.8, 4) is 5.75 Å². The number of amides is 1. The molecule has 0 spiro atoms. The second-order valence-electron chi connectivity index (χ2n) is 7.45. The molecule has 2 aromatic carbocycles. The fourth-order valence-electron chi connectivity index (χ4n) is 2.74. The van der Waals surface area contributed by atoms with Gasteiger partial charge in [0.15, 0.2) is 0 Å². The zero-order chi connectivity index (χ0) is 19.2. The van der Waals surface area contributed by atoms with Crippen LogP contribution in [0.1, 0.15) is 56.8 Å². The number of benzene rings is 2. The summed E-state index contributed by atoms with van der Waals surface area (Å²) in [5.41, 5.74) is 3.51. The number of ether oxygens (including phenoxy) is 1. The van der Waals surface area contributed by atoms with Crippen LogP contribution in [0.3, 0.4) is 0 Å². The van der Waals surface area contributed by atoms with Gasteiger partial charge in [0.05, 0.1) is 13.2 Å². The number of carbonyl (C=O) groups excluding carboxylic acids is 1. The van der Waals surface area contributed by atoms with Crippen molar-refractivity contribution in [1.29, 1.82) is 0 Å². The summed E-state index contributed by atoms with van der Waals surface area (Å²) in [5.74, 6) is 0.723. The largest absolute Gasteiger partial charge is 0.497 e. The molecule has 0 unspecified atom stereocenters. The summed E-state index contributed by atoms with van der Waals surface area (Å²) in [5, 5.41) is 3.06. The predicted octanol–water partition coefficient (Wildman–Crippen LogP) is 5.27. The molecule has 0 saturated carbocycles. The Bertz CT molecular complexity index is 737. The first-order valence-electron chi connectivity index (χ1n) is 9.06. The molecule has 1 N–H and O–H groups in total. The van der Waals surface area contributed by atoms with E-state index in [-0.39, 0.29) is 17.4 Å². The SMILES string of the molecule is CC[C@H](NC(=O)/C=C/c1ccc(C(C)(C)C)cc1)c1ccc(OC)cc1. The highest BCUT2D eigenvalue weighted by Gasteiger charge is 2.13. The van der Waals surface area contributed by atoms with E-state index in [0.29, 0.717) is 0 Å². The highest BCUT2D eigenvalue weighted by Crippen LogP contribution is 2.23. The molecular formula is C23H29NO2. The van der Waals surface area contributed by atoms with E-state index < -0.39 is 0 Å². The van der Waals surface area contributed by atoms with Crippen LogP contribution >= 0.6 is 0 Å². The monoisotopic (exact) mass is 351 g/mol. The van der Waals surface area contributed by atoms with Crippen molar-refractivity contribution >= 4 is 12.0 Å². The Morgan fingerprint density at radius 2 is 1.69 bits per heavy atom. The number of methoxy groups -OCH3 is 1. The first-order valence-corrected chi connectivity index (χ1v) is 9.06. The average molecular weight is 351 g/mol. The summed E-state index contributed by atoms with van der Waals surface area (Å²) >= 11 is 0. The first-order chi connectivity index (χ1) is 12.3. The van der Waals surface area contributed by atoms with Crippen molar-refractivity contribution in [2.75, 3.05) is 7.11 Å². The van der Waals surface area contributed by atoms with Gasteiger partial charge in [-0.05, 0) is 46.7 Å². The van der Waals surface area contributed by atoms with Gasteiger partial charge in [-0.15, -0.1) is 0 Å². The van der Waals surface area contributed by atoms with E-state index in [2.05, 4.69) is 45.1 Å². The van der Waals surface area contributed by atoms with Gasteiger partial charge in [-0.2, -0.15) is 0 Å². The minimum absolute atomic E-state index is 0.0127. The van der Waals surface area contributed by atoms with Gasteiger partial charge in [-0.25, -0.2) is 0 Å². The normalized spacial score (nSPS) is 12.8. The molecule has 138 valence electrons. The van der Waals surface area contributed by atoms with Gasteiger partial charge in [0.25, 0.3) is 0 Å². The van der Waals surface area contributed by atoms with Crippen molar-refractivity contribution in [3.05, 3.63) is 71.3 Å². The fraction of sp³-hybridized carbons (Fsp3) is 0.348. The summed E-state index contributed by atoms with van der Waals surface area (Å²) in [4.78, 5) is 12.3. The standard InChI is InChI=1S/C23H29NO2/c1-6-21(18-10-14-20(26-5)15-11-18)24-22(25)16-9-17-7-12-19(13-8-17)23(2,3)4/h7-16,21H,6H2,1-5H3,(H,24,25)/b16-9+/t21-/m0/s1. The van der Waals surface area contributed by atoms with Crippen LogP contribution in [0.2, 0.25) is 0 Å². The number of hydrogen-bond donors (Lipinski definition) is 1. The topological polar surface area (TPSA) is 38.3 Å². The molecule has 0 saturated heterocycles. The Morgan fingerprint density at radius 3 is 2.19 bits per heavy atom. The van der Waals surface area contributed by atoms with Crippen LogP contribution < -0.4 is 10.1 Å². The summed E-state index contributed by atoms with van der Waals surface area (Å²) in [6.07, 6.45) is 4.27. The molecule has 0 aromatic heterocycles. The van der Waals surface area contributed by atoms with Crippen molar-refractivity contribution in [2.24, 2.45) is 0 Å². The lowest BCUT2D eigenvalue weighted by Gasteiger charge is -2.18. The molecule has 2 rings (SSSR count). The summed E-state index contributed by atoms with van der Waals surface area (Å²) in [6, 6.07) is 16.1. The van der Waals surface area contributed by atoms with Gasteiger partial charge >= 0.3 is 0 Å². The van der Waals surface area contributed by atoms with Crippen LogP contribution in [0.5, 0.6) is 5.75 Å². The van der Waals surface area contributed by atoms with E-state index in [1.54, 1.807) is 13.2 Å². The van der Waals surface area contributed by atoms with E-state index in [1.807, 2.05) is 42.5 Å². The van der Waals surface area contributed by atoms with Gasteiger partial charge in [-0.1, -0.05) is 64.1 Å². The Balaban J connectivity index is 2.00. The summed E-state index contributed by atoms with van der Waals surface area (Å²) in [6.45, 7) is 8.63. The van der Waals surface area contributed by atoms with Crippen molar-refractivity contribution < 1.29 is 9.53 Å². The molecule has 2 aromatic rings. The lowest BCUT2D eigenvalue weighted by molar-refractivity contribution is -0.117. The lowest BCUT2D eigenvalue weighted by atomic mass is 9.87. The number of hydrogen-bond acceptors (Lipinski definition) is 2. The molecule has 1 atom stereocenters. The van der Waals surface area contributed by atoms with Gasteiger partial charge in [0.1, 0.15) is 5.75 Å². The van der Waals surface area contributed by atoms with Crippen LogP contribution in [-0.4, -0.2) is 13.0 Å². The van der Waals surface area contributed by atoms with Crippen molar-refractivity contribution in [2.45, 2.75) is 45.6 Å². The molecule has 0 heterocycles. The third-order valence-corrected chi connectivity index (χ3v) is 4.45. The summed E-state index contributed by atoms with van der Waals surface area (Å²) in [7, 11) is 1.65. The Hall–Kier alpha value is -2.55. The quantitative estimate of drug-likeness (QED) is 0.720.